The SMILES string of the molecule is N=C(N)c1ccc(C(=O)N[C@@H](CC(=O)O)CC(=O)N2CCC(CC(=O)O)CC2)cc1. The molecule has 1 atom stereocenters. The fourth-order valence-corrected chi connectivity index (χ4v) is 3.43. The van der Waals surface area contributed by atoms with Gasteiger partial charge in [-0.1, -0.05) is 12.1 Å². The molecule has 30 heavy (non-hydrogen) atoms. The van der Waals surface area contributed by atoms with Crippen molar-refractivity contribution >= 4 is 29.6 Å². The number of likely N-dealkylation sites (tertiary alicyclic amines) is 1. The van der Waals surface area contributed by atoms with Gasteiger partial charge in [-0.2, -0.15) is 0 Å². The zero-order valence-electron chi connectivity index (χ0n) is 16.5. The van der Waals surface area contributed by atoms with Gasteiger partial charge in [0.15, 0.2) is 0 Å². The second-order valence-corrected chi connectivity index (χ2v) is 7.39. The van der Waals surface area contributed by atoms with E-state index in [2.05, 4.69) is 5.32 Å². The Labute approximate surface area is 173 Å². The number of aliphatic carboxylic acids is 2. The van der Waals surface area contributed by atoms with Crippen LogP contribution in [0.4, 0.5) is 0 Å². The topological polar surface area (TPSA) is 174 Å². The lowest BCUT2D eigenvalue weighted by molar-refractivity contribution is -0.139. The normalized spacial score (nSPS) is 15.3. The number of carbonyl (C=O) groups is 4. The highest BCUT2D eigenvalue weighted by Crippen LogP contribution is 2.21. The van der Waals surface area contributed by atoms with Crippen LogP contribution < -0.4 is 11.1 Å². The first-order valence-electron chi connectivity index (χ1n) is 9.62. The van der Waals surface area contributed by atoms with Crippen molar-refractivity contribution in [2.24, 2.45) is 11.7 Å². The summed E-state index contributed by atoms with van der Waals surface area (Å²) in [6, 6.07) is 5.08. The molecule has 1 aromatic carbocycles. The van der Waals surface area contributed by atoms with E-state index in [1.54, 1.807) is 4.90 Å². The van der Waals surface area contributed by atoms with Gasteiger partial charge in [0.05, 0.1) is 6.42 Å². The predicted molar refractivity (Wildman–Crippen MR) is 107 cm³/mol. The van der Waals surface area contributed by atoms with Crippen molar-refractivity contribution in [1.29, 1.82) is 5.41 Å². The number of carboxylic acid groups (broad SMARTS) is 2. The first-order valence-corrected chi connectivity index (χ1v) is 9.62. The van der Waals surface area contributed by atoms with E-state index in [-0.39, 0.29) is 36.1 Å². The molecule has 0 unspecified atom stereocenters. The molecule has 0 radical (unpaired) electrons. The maximum Gasteiger partial charge on any atom is 0.305 e. The minimum absolute atomic E-state index is 0.0269. The Hall–Kier alpha value is -3.43. The smallest absolute Gasteiger partial charge is 0.305 e. The van der Waals surface area contributed by atoms with Crippen molar-refractivity contribution in [3.63, 3.8) is 0 Å². The molecule has 0 bridgehead atoms. The molecule has 0 spiro atoms. The van der Waals surface area contributed by atoms with Gasteiger partial charge in [-0.25, -0.2) is 0 Å². The van der Waals surface area contributed by atoms with Crippen molar-refractivity contribution in [2.45, 2.75) is 38.1 Å². The third-order valence-electron chi connectivity index (χ3n) is 5.07. The number of piperidine rings is 1. The summed E-state index contributed by atoms with van der Waals surface area (Å²) in [6.07, 6.45) is 0.667. The molecule has 162 valence electrons. The van der Waals surface area contributed by atoms with Gasteiger partial charge in [0.2, 0.25) is 5.91 Å². The molecule has 1 saturated heterocycles. The Morgan fingerprint density at radius 1 is 1.03 bits per heavy atom. The summed E-state index contributed by atoms with van der Waals surface area (Å²) < 4.78 is 0. The van der Waals surface area contributed by atoms with Crippen molar-refractivity contribution < 1.29 is 29.4 Å². The number of hydrogen-bond acceptors (Lipinski definition) is 5. The minimum atomic E-state index is -1.14. The van der Waals surface area contributed by atoms with E-state index >= 15 is 0 Å². The largest absolute Gasteiger partial charge is 0.481 e. The summed E-state index contributed by atoms with van der Waals surface area (Å²) in [4.78, 5) is 48.6. The van der Waals surface area contributed by atoms with Crippen LogP contribution in [0.5, 0.6) is 0 Å². The maximum absolute atomic E-state index is 12.6. The molecular weight excluding hydrogens is 392 g/mol. The summed E-state index contributed by atoms with van der Waals surface area (Å²) >= 11 is 0. The van der Waals surface area contributed by atoms with E-state index in [9.17, 15) is 19.2 Å². The Bertz CT molecular complexity index is 815. The lowest BCUT2D eigenvalue weighted by Gasteiger charge is -2.32. The lowest BCUT2D eigenvalue weighted by atomic mass is 9.93. The average molecular weight is 418 g/mol. The standard InChI is InChI=1S/C20H26N4O6/c21-19(22)13-1-3-14(4-2-13)20(30)23-15(11-18(28)29)10-16(25)24-7-5-12(6-8-24)9-17(26)27/h1-4,12,15H,5-11H2,(H3,21,22)(H,23,30)(H,26,27)(H,28,29)/t15-/m1/s1. The van der Waals surface area contributed by atoms with E-state index in [0.717, 1.165) is 0 Å². The highest BCUT2D eigenvalue weighted by atomic mass is 16.4. The van der Waals surface area contributed by atoms with Crippen molar-refractivity contribution in [1.82, 2.24) is 10.2 Å². The van der Waals surface area contributed by atoms with Gasteiger partial charge in [-0.3, -0.25) is 24.6 Å². The second kappa shape index (κ2) is 10.4. The number of carboxylic acids is 2. The van der Waals surface area contributed by atoms with Gasteiger partial charge in [0, 0.05) is 43.1 Å². The van der Waals surface area contributed by atoms with E-state index in [4.69, 9.17) is 21.4 Å². The summed E-state index contributed by atoms with van der Waals surface area (Å²) in [6.45, 7) is 0.827. The molecule has 1 aliphatic rings. The Balaban J connectivity index is 1.95. The molecule has 2 amide bonds. The number of amidine groups is 1. The number of nitrogens with one attached hydrogen (secondary N) is 2. The third-order valence-corrected chi connectivity index (χ3v) is 5.07. The number of benzene rings is 1. The highest BCUT2D eigenvalue weighted by Gasteiger charge is 2.27. The molecule has 1 aromatic rings. The van der Waals surface area contributed by atoms with E-state index < -0.39 is 30.3 Å². The first-order chi connectivity index (χ1) is 14.2. The molecule has 0 saturated carbocycles. The van der Waals surface area contributed by atoms with Gasteiger partial charge in [0.25, 0.3) is 5.91 Å². The molecule has 1 aliphatic heterocycles. The average Bonchev–Trinajstić information content (AvgIpc) is 2.67. The van der Waals surface area contributed by atoms with Crippen LogP contribution >= 0.6 is 0 Å². The molecule has 0 aromatic heterocycles. The first kappa shape index (κ1) is 22.9. The van der Waals surface area contributed by atoms with E-state index in [1.807, 2.05) is 0 Å². The molecule has 2 rings (SSSR count). The van der Waals surface area contributed by atoms with Crippen LogP contribution in [-0.4, -0.2) is 63.8 Å². The predicted octanol–water partition coefficient (Wildman–Crippen LogP) is 0.647. The van der Waals surface area contributed by atoms with Crippen molar-refractivity contribution in [3.8, 4) is 0 Å². The van der Waals surface area contributed by atoms with E-state index in [0.29, 0.717) is 31.5 Å². The number of rotatable bonds is 9. The van der Waals surface area contributed by atoms with Crippen molar-refractivity contribution in [2.75, 3.05) is 13.1 Å². The zero-order chi connectivity index (χ0) is 22.3. The Morgan fingerprint density at radius 2 is 1.60 bits per heavy atom. The number of nitrogens with two attached hydrogens (primary N) is 1. The number of carbonyl (C=O) groups excluding carboxylic acids is 2. The van der Waals surface area contributed by atoms with Gasteiger partial charge >= 0.3 is 11.9 Å². The quantitative estimate of drug-likeness (QED) is 0.289. The van der Waals surface area contributed by atoms with Crippen LogP contribution in [0.2, 0.25) is 0 Å². The summed E-state index contributed by atoms with van der Waals surface area (Å²) in [7, 11) is 0. The molecule has 1 heterocycles. The Kier molecular flexibility index (Phi) is 7.90. The monoisotopic (exact) mass is 418 g/mol. The Morgan fingerprint density at radius 3 is 2.10 bits per heavy atom. The second-order valence-electron chi connectivity index (χ2n) is 7.39. The molecule has 0 aliphatic carbocycles. The number of hydrogen-bond donors (Lipinski definition) is 5. The molecule has 1 fully saturated rings. The van der Waals surface area contributed by atoms with Crippen LogP contribution in [0.25, 0.3) is 0 Å². The summed E-state index contributed by atoms with van der Waals surface area (Å²) in [5, 5.41) is 28.0. The summed E-state index contributed by atoms with van der Waals surface area (Å²) in [5.74, 6) is -2.91. The molecule has 10 nitrogen and oxygen atoms in total. The molecule has 10 heteroatoms. The van der Waals surface area contributed by atoms with Gasteiger partial charge in [-0.15, -0.1) is 0 Å². The third kappa shape index (κ3) is 6.87. The van der Waals surface area contributed by atoms with Gasteiger partial charge < -0.3 is 26.2 Å². The molecular formula is C20H26N4O6. The van der Waals surface area contributed by atoms with Crippen LogP contribution in [-0.2, 0) is 14.4 Å². The molecule has 6 N–H and O–H groups in total. The van der Waals surface area contributed by atoms with Crippen LogP contribution in [0.3, 0.4) is 0 Å². The number of amides is 2. The number of nitrogens with zero attached hydrogens (tertiary/aromatic N) is 1. The fraction of sp³-hybridized carbons (Fsp3) is 0.450. The van der Waals surface area contributed by atoms with Crippen LogP contribution in [0.15, 0.2) is 24.3 Å². The van der Waals surface area contributed by atoms with Crippen LogP contribution in [0.1, 0.15) is 48.0 Å². The minimum Gasteiger partial charge on any atom is -0.481 e. The van der Waals surface area contributed by atoms with Gasteiger partial charge in [-0.05, 0) is 30.9 Å². The fourth-order valence-electron chi connectivity index (χ4n) is 3.43. The van der Waals surface area contributed by atoms with Gasteiger partial charge in [0.1, 0.15) is 5.84 Å². The maximum atomic E-state index is 12.6. The summed E-state index contributed by atoms with van der Waals surface area (Å²) in [5.41, 5.74) is 6.09. The van der Waals surface area contributed by atoms with Crippen molar-refractivity contribution in [3.05, 3.63) is 35.4 Å². The highest BCUT2D eigenvalue weighted by molar-refractivity contribution is 5.98. The van der Waals surface area contributed by atoms with Crippen LogP contribution in [0, 0.1) is 11.3 Å². The number of nitrogen functional groups attached to an aromatic ring is 1. The lowest BCUT2D eigenvalue weighted by Crippen LogP contribution is -2.44. The van der Waals surface area contributed by atoms with E-state index in [1.165, 1.54) is 24.3 Å². The zero-order valence-corrected chi connectivity index (χ0v) is 16.5.